The van der Waals surface area contributed by atoms with Crippen LogP contribution >= 0.6 is 0 Å². The summed E-state index contributed by atoms with van der Waals surface area (Å²) in [6, 6.07) is 7.19. The van der Waals surface area contributed by atoms with Gasteiger partial charge in [-0.25, -0.2) is 14.4 Å². The van der Waals surface area contributed by atoms with Crippen molar-refractivity contribution in [1.29, 1.82) is 0 Å². The third kappa shape index (κ3) is 4.41. The quantitative estimate of drug-likeness (QED) is 0.470. The van der Waals surface area contributed by atoms with Crippen LogP contribution in [0.2, 0.25) is 0 Å². The molecule has 1 aromatic carbocycles. The highest BCUT2D eigenvalue weighted by Gasteiger charge is 2.06. The van der Waals surface area contributed by atoms with Crippen molar-refractivity contribution in [3.8, 4) is 0 Å². The molecule has 0 saturated carbocycles. The van der Waals surface area contributed by atoms with E-state index < -0.39 is 0 Å². The van der Waals surface area contributed by atoms with Crippen molar-refractivity contribution in [2.45, 2.75) is 19.8 Å². The second-order valence-electron chi connectivity index (χ2n) is 4.51. The van der Waals surface area contributed by atoms with Gasteiger partial charge in [0.05, 0.1) is 11.4 Å². The molecule has 0 aliphatic heterocycles. The van der Waals surface area contributed by atoms with E-state index in [0.717, 1.165) is 6.42 Å². The first kappa shape index (κ1) is 14.7. The molecule has 110 valence electrons. The lowest BCUT2D eigenvalue weighted by Gasteiger charge is -2.01. The third-order valence-electron chi connectivity index (χ3n) is 2.68. The number of hydrogen-bond acceptors (Lipinski definition) is 2. The lowest BCUT2D eigenvalue weighted by molar-refractivity contribution is -0.365. The fraction of sp³-hybridized carbons (Fsp3) is 0.214. The normalized spacial score (nSPS) is 11.4. The summed E-state index contributed by atoms with van der Waals surface area (Å²) >= 11 is 0. The Bertz CT molecular complexity index is 693. The Balaban J connectivity index is 2.18. The molecule has 0 aliphatic rings. The predicted molar refractivity (Wildman–Crippen MR) is 78.7 cm³/mol. The lowest BCUT2D eigenvalue weighted by atomic mass is 10.2. The number of nitrogens with two attached hydrogens (primary N) is 1. The van der Waals surface area contributed by atoms with Crippen LogP contribution in [0, 0.1) is 5.82 Å². The van der Waals surface area contributed by atoms with Gasteiger partial charge in [0, 0.05) is 6.07 Å². The molecular weight excluding hydrogens is 273 g/mol. The Kier molecular flexibility index (Phi) is 4.65. The Morgan fingerprint density at radius 1 is 1.43 bits per heavy atom. The number of H-pyrrole nitrogens is 1. The minimum Gasteiger partial charge on any atom is -0.322 e. The summed E-state index contributed by atoms with van der Waals surface area (Å²) in [6.07, 6.45) is 1.60. The van der Waals surface area contributed by atoms with E-state index in [1.54, 1.807) is 12.1 Å². The monoisotopic (exact) mass is 290 g/mol. The number of rotatable bonds is 4. The number of nitrogens with zero attached hydrogens (tertiary/aromatic N) is 1. The van der Waals surface area contributed by atoms with Crippen molar-refractivity contribution in [2.75, 3.05) is 5.32 Å². The average molecular weight is 290 g/mol. The van der Waals surface area contributed by atoms with Gasteiger partial charge in [-0.3, -0.25) is 10.1 Å². The molecule has 0 radical (unpaired) electrons. The molecule has 5 N–H and O–H groups in total. The second kappa shape index (κ2) is 6.65. The molecule has 6 nitrogen and oxygen atoms in total. The highest BCUT2D eigenvalue weighted by atomic mass is 19.1. The van der Waals surface area contributed by atoms with E-state index in [4.69, 9.17) is 5.73 Å². The van der Waals surface area contributed by atoms with Crippen molar-refractivity contribution >= 4 is 17.6 Å². The maximum absolute atomic E-state index is 12.8. The third-order valence-corrected chi connectivity index (χ3v) is 2.68. The molecule has 0 aliphatic carbocycles. The van der Waals surface area contributed by atoms with Crippen molar-refractivity contribution in [3.63, 3.8) is 0 Å². The molecule has 1 heterocycles. The van der Waals surface area contributed by atoms with E-state index in [9.17, 15) is 9.18 Å². The number of anilines is 1. The van der Waals surface area contributed by atoms with Crippen LogP contribution in [0.4, 0.5) is 16.0 Å². The number of aromatic amines is 1. The largest absolute Gasteiger partial charge is 0.325 e. The van der Waals surface area contributed by atoms with Crippen LogP contribution in [0.25, 0.3) is 0 Å². The molecule has 0 spiro atoms. The van der Waals surface area contributed by atoms with Crippen LogP contribution in [0.15, 0.2) is 35.1 Å². The molecule has 2 aromatic rings. The first-order chi connectivity index (χ1) is 10.1. The smallest absolute Gasteiger partial charge is 0.322 e. The molecule has 0 unspecified atom stereocenters. The predicted octanol–water partition coefficient (Wildman–Crippen LogP) is 0.000400. The van der Waals surface area contributed by atoms with Crippen LogP contribution < -0.4 is 21.6 Å². The van der Waals surface area contributed by atoms with Gasteiger partial charge in [-0.1, -0.05) is 6.92 Å². The molecular formula is C14H17FN5O+. The second-order valence-corrected chi connectivity index (χ2v) is 4.51. The first-order valence-electron chi connectivity index (χ1n) is 6.59. The van der Waals surface area contributed by atoms with Crippen LogP contribution in [0.1, 0.15) is 19.0 Å². The van der Waals surface area contributed by atoms with E-state index >= 15 is 0 Å². The Hall–Kier alpha value is -2.70. The summed E-state index contributed by atoms with van der Waals surface area (Å²) < 4.78 is 12.8. The van der Waals surface area contributed by atoms with Gasteiger partial charge in [0.1, 0.15) is 5.82 Å². The number of hydrogen-bond donors (Lipinski definition) is 4. The molecule has 0 amide bonds. The maximum atomic E-state index is 12.8. The Morgan fingerprint density at radius 2 is 2.14 bits per heavy atom. The zero-order valence-corrected chi connectivity index (χ0v) is 11.6. The molecule has 2 rings (SSSR count). The summed E-state index contributed by atoms with van der Waals surface area (Å²) in [6.45, 7) is 2.01. The SMILES string of the molecule is CCCc1cc(=O)[nH]c([NH+]=C(N)Nc2ccc(F)cc2)n1. The van der Waals surface area contributed by atoms with E-state index in [1.807, 2.05) is 6.92 Å². The standard InChI is InChI=1S/C14H16FN5O/c1-2-3-11-8-12(21)19-14(18-11)20-13(16)17-10-6-4-9(15)5-7-10/h4-8H,2-3H2,1H3,(H4,16,17,18,19,20,21)/p+1. The van der Waals surface area contributed by atoms with Crippen LogP contribution in [0.5, 0.6) is 0 Å². The molecule has 21 heavy (non-hydrogen) atoms. The van der Waals surface area contributed by atoms with E-state index in [-0.39, 0.29) is 23.3 Å². The highest BCUT2D eigenvalue weighted by Crippen LogP contribution is 2.06. The highest BCUT2D eigenvalue weighted by molar-refractivity contribution is 5.88. The van der Waals surface area contributed by atoms with E-state index in [1.165, 1.54) is 18.2 Å². The first-order valence-corrected chi connectivity index (χ1v) is 6.59. The summed E-state index contributed by atoms with van der Waals surface area (Å²) in [5.74, 6) is 0.113. The van der Waals surface area contributed by atoms with Gasteiger partial charge in [-0.15, -0.1) is 4.98 Å². The van der Waals surface area contributed by atoms with Gasteiger partial charge in [-0.05, 0) is 37.1 Å². The minimum atomic E-state index is -0.328. The molecule has 0 bridgehead atoms. The van der Waals surface area contributed by atoms with Gasteiger partial charge in [0.25, 0.3) is 11.5 Å². The molecule has 0 fully saturated rings. The molecule has 7 heteroatoms. The van der Waals surface area contributed by atoms with Crippen molar-refractivity contribution in [1.82, 2.24) is 9.97 Å². The minimum absolute atomic E-state index is 0.179. The number of guanidine groups is 1. The lowest BCUT2D eigenvalue weighted by Crippen LogP contribution is -2.73. The molecule has 1 aromatic heterocycles. The Morgan fingerprint density at radius 3 is 2.81 bits per heavy atom. The summed E-state index contributed by atoms with van der Waals surface area (Å²) in [5, 5.41) is 2.84. The molecule has 0 saturated heterocycles. The fourth-order valence-corrected chi connectivity index (χ4v) is 1.80. The number of benzene rings is 1. The van der Waals surface area contributed by atoms with Crippen LogP contribution in [-0.4, -0.2) is 15.9 Å². The van der Waals surface area contributed by atoms with E-state index in [0.29, 0.717) is 17.8 Å². The van der Waals surface area contributed by atoms with Gasteiger partial charge in [0.15, 0.2) is 0 Å². The Labute approximate surface area is 120 Å². The van der Waals surface area contributed by atoms with E-state index in [2.05, 4.69) is 20.3 Å². The number of halogens is 1. The van der Waals surface area contributed by atoms with Gasteiger partial charge < -0.3 is 5.73 Å². The van der Waals surface area contributed by atoms with Crippen molar-refractivity contribution in [3.05, 3.63) is 52.2 Å². The summed E-state index contributed by atoms with van der Waals surface area (Å²) in [7, 11) is 0. The van der Waals surface area contributed by atoms with Crippen LogP contribution in [-0.2, 0) is 6.42 Å². The summed E-state index contributed by atoms with van der Waals surface area (Å²) in [5.41, 5.74) is 6.86. The topological polar surface area (TPSA) is 97.8 Å². The number of aromatic nitrogens is 2. The van der Waals surface area contributed by atoms with Crippen LogP contribution in [0.3, 0.4) is 0 Å². The van der Waals surface area contributed by atoms with Crippen molar-refractivity contribution in [2.24, 2.45) is 5.73 Å². The summed E-state index contributed by atoms with van der Waals surface area (Å²) in [4.78, 5) is 21.1. The van der Waals surface area contributed by atoms with Gasteiger partial charge in [-0.2, -0.15) is 0 Å². The van der Waals surface area contributed by atoms with Gasteiger partial charge >= 0.3 is 5.95 Å². The zero-order valence-electron chi connectivity index (χ0n) is 11.6. The van der Waals surface area contributed by atoms with Crippen molar-refractivity contribution < 1.29 is 9.38 Å². The zero-order chi connectivity index (χ0) is 15.2. The average Bonchev–Trinajstić information content (AvgIpc) is 2.41. The maximum Gasteiger partial charge on any atom is 0.325 e. The fourth-order valence-electron chi connectivity index (χ4n) is 1.80. The molecule has 0 atom stereocenters. The number of nitrogens with one attached hydrogen (secondary N) is 3. The van der Waals surface area contributed by atoms with Gasteiger partial charge in [0.2, 0.25) is 0 Å². The number of aryl methyl sites for hydroxylation is 1.